The number of nitrogens with zero attached hydrogens (tertiary/aromatic N) is 2. The van der Waals surface area contributed by atoms with E-state index >= 15 is 0 Å². The molecular weight excluding hydrogens is 371 g/mol. The van der Waals surface area contributed by atoms with Gasteiger partial charge in [-0.05, 0) is 29.8 Å². The molecule has 1 unspecified atom stereocenters. The Hall–Kier alpha value is -3.22. The molecule has 0 bridgehead atoms. The Labute approximate surface area is 167 Å². The van der Waals surface area contributed by atoms with Gasteiger partial charge < -0.3 is 14.6 Å². The summed E-state index contributed by atoms with van der Waals surface area (Å²) in [5, 5.41) is 15.2. The van der Waals surface area contributed by atoms with Crippen molar-refractivity contribution in [2.75, 3.05) is 7.11 Å². The van der Waals surface area contributed by atoms with Crippen molar-refractivity contribution in [1.29, 1.82) is 0 Å². The van der Waals surface area contributed by atoms with Crippen LogP contribution in [0.5, 0.6) is 5.75 Å². The van der Waals surface area contributed by atoms with E-state index in [-0.39, 0.29) is 12.4 Å². The average molecular weight is 392 g/mol. The lowest BCUT2D eigenvalue weighted by Crippen LogP contribution is -2.18. The van der Waals surface area contributed by atoms with E-state index in [9.17, 15) is 9.50 Å². The second-order valence-electron chi connectivity index (χ2n) is 6.65. The van der Waals surface area contributed by atoms with Crippen LogP contribution in [0.3, 0.4) is 0 Å². The van der Waals surface area contributed by atoms with E-state index in [1.54, 1.807) is 16.8 Å². The minimum absolute atomic E-state index is 0.142. The zero-order valence-corrected chi connectivity index (χ0v) is 16.0. The van der Waals surface area contributed by atoms with Gasteiger partial charge in [0.1, 0.15) is 23.9 Å². The Morgan fingerprint density at radius 3 is 2.59 bits per heavy atom. The van der Waals surface area contributed by atoms with Crippen LogP contribution in [0.15, 0.2) is 72.8 Å². The largest absolute Gasteiger partial charge is 0.489 e. The number of aliphatic hydroxyl groups is 1. The smallest absolute Gasteiger partial charge is 0.173 e. The Morgan fingerprint density at radius 1 is 1.03 bits per heavy atom. The molecule has 29 heavy (non-hydrogen) atoms. The van der Waals surface area contributed by atoms with Gasteiger partial charge in [0, 0.05) is 18.1 Å². The maximum absolute atomic E-state index is 14.7. The summed E-state index contributed by atoms with van der Waals surface area (Å²) in [6.45, 7) is 0.532. The summed E-state index contributed by atoms with van der Waals surface area (Å²) in [4.78, 5) is 0. The van der Waals surface area contributed by atoms with Gasteiger partial charge in [-0.1, -0.05) is 48.5 Å². The minimum Gasteiger partial charge on any atom is -0.489 e. The van der Waals surface area contributed by atoms with E-state index in [1.165, 1.54) is 13.2 Å². The fraction of sp³-hybridized carbons (Fsp3) is 0.174. The maximum Gasteiger partial charge on any atom is 0.173 e. The summed E-state index contributed by atoms with van der Waals surface area (Å²) < 4.78 is 27.1. The summed E-state index contributed by atoms with van der Waals surface area (Å²) >= 11 is 0. The van der Waals surface area contributed by atoms with Gasteiger partial charge in [-0.15, -0.1) is 0 Å². The van der Waals surface area contributed by atoms with Crippen LogP contribution in [-0.2, 0) is 17.9 Å². The highest BCUT2D eigenvalue weighted by Crippen LogP contribution is 2.32. The fourth-order valence-corrected chi connectivity index (χ4v) is 3.20. The Morgan fingerprint density at radius 2 is 1.79 bits per heavy atom. The van der Waals surface area contributed by atoms with E-state index in [2.05, 4.69) is 5.10 Å². The lowest BCUT2D eigenvalue weighted by atomic mass is 10.1. The van der Waals surface area contributed by atoms with E-state index < -0.39 is 6.29 Å². The molecule has 6 heteroatoms. The number of methoxy groups -OCH3 is 1. The van der Waals surface area contributed by atoms with Crippen molar-refractivity contribution in [3.63, 3.8) is 0 Å². The molecule has 0 saturated heterocycles. The van der Waals surface area contributed by atoms with E-state index in [1.807, 2.05) is 54.6 Å². The first kappa shape index (κ1) is 19.1. The summed E-state index contributed by atoms with van der Waals surface area (Å²) in [5.74, 6) is 0.167. The molecule has 0 radical (unpaired) electrons. The van der Waals surface area contributed by atoms with Crippen LogP contribution < -0.4 is 4.74 Å². The molecule has 0 spiro atoms. The monoisotopic (exact) mass is 392 g/mol. The first-order chi connectivity index (χ1) is 14.2. The SMILES string of the molecule is COC(O)Cn1nc(-c2cc(OCc3ccccc3)ccc2F)c2ccccc21. The molecule has 1 atom stereocenters. The van der Waals surface area contributed by atoms with Crippen LogP contribution in [0.1, 0.15) is 5.56 Å². The van der Waals surface area contributed by atoms with Crippen molar-refractivity contribution < 1.29 is 19.0 Å². The molecule has 1 aromatic heterocycles. The fourth-order valence-electron chi connectivity index (χ4n) is 3.20. The van der Waals surface area contributed by atoms with Crippen molar-refractivity contribution in [1.82, 2.24) is 9.78 Å². The number of ether oxygens (including phenoxy) is 2. The summed E-state index contributed by atoms with van der Waals surface area (Å²) in [6, 6.07) is 21.9. The minimum atomic E-state index is -1.00. The number of aliphatic hydroxyl groups excluding tert-OH is 1. The van der Waals surface area contributed by atoms with Crippen molar-refractivity contribution in [2.45, 2.75) is 19.4 Å². The van der Waals surface area contributed by atoms with Crippen LogP contribution in [0.4, 0.5) is 4.39 Å². The first-order valence-corrected chi connectivity index (χ1v) is 9.29. The highest BCUT2D eigenvalue weighted by molar-refractivity contribution is 5.93. The van der Waals surface area contributed by atoms with Gasteiger partial charge in [-0.25, -0.2) is 4.39 Å². The molecule has 0 fully saturated rings. The second kappa shape index (κ2) is 8.43. The number of hydrogen-bond donors (Lipinski definition) is 1. The lowest BCUT2D eigenvalue weighted by molar-refractivity contribution is -0.0845. The molecule has 0 saturated carbocycles. The molecule has 5 nitrogen and oxygen atoms in total. The zero-order valence-electron chi connectivity index (χ0n) is 16.0. The molecule has 0 amide bonds. The van der Waals surface area contributed by atoms with Crippen LogP contribution >= 0.6 is 0 Å². The average Bonchev–Trinajstić information content (AvgIpc) is 3.12. The molecular formula is C23H21FN2O3. The van der Waals surface area contributed by atoms with E-state index in [4.69, 9.17) is 9.47 Å². The van der Waals surface area contributed by atoms with Crippen molar-refractivity contribution in [2.24, 2.45) is 0 Å². The van der Waals surface area contributed by atoms with Crippen molar-refractivity contribution in [3.05, 3.63) is 84.2 Å². The van der Waals surface area contributed by atoms with Crippen LogP contribution in [-0.4, -0.2) is 28.3 Å². The third kappa shape index (κ3) is 4.13. The third-order valence-electron chi connectivity index (χ3n) is 4.70. The molecule has 1 heterocycles. The molecule has 4 aromatic rings. The van der Waals surface area contributed by atoms with E-state index in [0.29, 0.717) is 23.6 Å². The summed E-state index contributed by atoms with van der Waals surface area (Å²) in [6.07, 6.45) is -1.00. The van der Waals surface area contributed by atoms with Gasteiger partial charge in [-0.3, -0.25) is 4.68 Å². The van der Waals surface area contributed by atoms with Crippen LogP contribution in [0.25, 0.3) is 22.2 Å². The number of rotatable bonds is 7. The molecule has 1 N–H and O–H groups in total. The molecule has 4 rings (SSSR count). The lowest BCUT2D eigenvalue weighted by Gasteiger charge is -2.09. The number of fused-ring (bicyclic) bond motifs is 1. The van der Waals surface area contributed by atoms with Crippen LogP contribution in [0, 0.1) is 5.82 Å². The van der Waals surface area contributed by atoms with Crippen molar-refractivity contribution >= 4 is 10.9 Å². The standard InChI is InChI=1S/C23H21FN2O3/c1-28-22(27)14-26-21-10-6-5-9-18(21)23(25-26)19-13-17(11-12-20(19)24)29-15-16-7-3-2-4-8-16/h2-13,22,27H,14-15H2,1H3. The maximum atomic E-state index is 14.7. The molecule has 0 aliphatic heterocycles. The van der Waals surface area contributed by atoms with Crippen LogP contribution in [0.2, 0.25) is 0 Å². The normalized spacial score (nSPS) is 12.2. The summed E-state index contributed by atoms with van der Waals surface area (Å²) in [7, 11) is 1.42. The predicted molar refractivity (Wildman–Crippen MR) is 109 cm³/mol. The first-order valence-electron chi connectivity index (χ1n) is 9.29. The molecule has 0 aliphatic rings. The van der Waals surface area contributed by atoms with Gasteiger partial charge >= 0.3 is 0 Å². The van der Waals surface area contributed by atoms with Gasteiger partial charge in [0.25, 0.3) is 0 Å². The highest BCUT2D eigenvalue weighted by atomic mass is 19.1. The zero-order chi connectivity index (χ0) is 20.2. The number of halogens is 1. The number of para-hydroxylation sites is 1. The highest BCUT2D eigenvalue weighted by Gasteiger charge is 2.17. The molecule has 3 aromatic carbocycles. The van der Waals surface area contributed by atoms with Gasteiger partial charge in [-0.2, -0.15) is 5.10 Å². The van der Waals surface area contributed by atoms with Gasteiger partial charge in [0.15, 0.2) is 6.29 Å². The molecule has 0 aliphatic carbocycles. The summed E-state index contributed by atoms with van der Waals surface area (Å²) in [5.41, 5.74) is 2.65. The van der Waals surface area contributed by atoms with Gasteiger partial charge in [0.2, 0.25) is 0 Å². The van der Waals surface area contributed by atoms with Gasteiger partial charge in [0.05, 0.1) is 12.1 Å². The molecule has 148 valence electrons. The topological polar surface area (TPSA) is 56.5 Å². The number of aromatic nitrogens is 2. The second-order valence-corrected chi connectivity index (χ2v) is 6.65. The number of benzene rings is 3. The Bertz CT molecular complexity index is 1110. The van der Waals surface area contributed by atoms with Crippen molar-refractivity contribution in [3.8, 4) is 17.0 Å². The quantitative estimate of drug-likeness (QED) is 0.474. The predicted octanol–water partition coefficient (Wildman–Crippen LogP) is 4.39. The van der Waals surface area contributed by atoms with E-state index in [0.717, 1.165) is 16.5 Å². The number of hydrogen-bond acceptors (Lipinski definition) is 4. The Kier molecular flexibility index (Phi) is 5.55. The third-order valence-corrected chi connectivity index (χ3v) is 4.70. The Balaban J connectivity index is 1.69.